The topological polar surface area (TPSA) is 45.2 Å². The Balaban J connectivity index is 0.00000144. The molecule has 0 saturated carbocycles. The summed E-state index contributed by atoms with van der Waals surface area (Å²) in [4.78, 5) is 14.2. The minimum atomic E-state index is -0.0107. The highest BCUT2D eigenvalue weighted by Gasteiger charge is 2.16. The van der Waals surface area contributed by atoms with Gasteiger partial charge in [-0.1, -0.05) is 19.1 Å². The molecule has 13 heavy (non-hydrogen) atoms. The van der Waals surface area contributed by atoms with Crippen molar-refractivity contribution in [2.75, 3.05) is 0 Å². The van der Waals surface area contributed by atoms with Crippen molar-refractivity contribution >= 4 is 11.5 Å². The zero-order chi connectivity index (χ0) is 8.97. The predicted molar refractivity (Wildman–Crippen MR) is 45.8 cm³/mol. The second kappa shape index (κ2) is 5.28. The van der Waals surface area contributed by atoms with Crippen molar-refractivity contribution < 1.29 is 17.2 Å². The van der Waals surface area contributed by atoms with Crippen LogP contribution in [-0.2, 0) is 0 Å². The van der Waals surface area contributed by atoms with Crippen molar-refractivity contribution in [2.24, 2.45) is 0 Å². The lowest BCUT2D eigenvalue weighted by Gasteiger charge is -1.91. The Hall–Kier alpha value is -1.40. The molecule has 0 heterocycles. The molecular formula is C9H9ClN2O. The number of hydrogen-bond acceptors (Lipinski definition) is 2. The van der Waals surface area contributed by atoms with Gasteiger partial charge in [-0.2, -0.15) is 0 Å². The maximum atomic E-state index is 11.2. The van der Waals surface area contributed by atoms with Crippen molar-refractivity contribution in [3.05, 3.63) is 34.8 Å². The quantitative estimate of drug-likeness (QED) is 0.485. The van der Waals surface area contributed by atoms with Crippen molar-refractivity contribution in [2.45, 2.75) is 13.3 Å². The Morgan fingerprint density at radius 3 is 2.62 bits per heavy atom. The van der Waals surface area contributed by atoms with E-state index in [1.165, 1.54) is 0 Å². The van der Waals surface area contributed by atoms with Crippen LogP contribution in [-0.4, -0.2) is 5.78 Å². The number of benzene rings is 1. The van der Waals surface area contributed by atoms with E-state index < -0.39 is 0 Å². The third-order valence-electron chi connectivity index (χ3n) is 1.63. The average molecular weight is 197 g/mol. The summed E-state index contributed by atoms with van der Waals surface area (Å²) in [6, 6.07) is 6.73. The molecule has 0 atom stereocenters. The van der Waals surface area contributed by atoms with Crippen LogP contribution < -0.4 is 12.4 Å². The fourth-order valence-corrected chi connectivity index (χ4v) is 0.987. The van der Waals surface area contributed by atoms with Crippen LogP contribution in [0.1, 0.15) is 23.7 Å². The van der Waals surface area contributed by atoms with E-state index in [1.807, 2.05) is 0 Å². The van der Waals surface area contributed by atoms with Gasteiger partial charge in [-0.3, -0.25) is 4.79 Å². The van der Waals surface area contributed by atoms with Gasteiger partial charge >= 0.3 is 5.69 Å². The van der Waals surface area contributed by atoms with Gasteiger partial charge in [0.25, 0.3) is 0 Å². The third kappa shape index (κ3) is 2.53. The number of Topliss-reactive ketones (excluding diaryl/α,β-unsaturated/α-hetero) is 1. The van der Waals surface area contributed by atoms with Crippen LogP contribution in [0.3, 0.4) is 0 Å². The maximum Gasteiger partial charge on any atom is 0.395 e. The molecule has 0 aliphatic heterocycles. The fraction of sp³-hybridized carbons (Fsp3) is 0.222. The first-order chi connectivity index (χ1) is 5.79. The second-order valence-electron chi connectivity index (χ2n) is 2.39. The van der Waals surface area contributed by atoms with Gasteiger partial charge in [-0.15, -0.1) is 0 Å². The second-order valence-corrected chi connectivity index (χ2v) is 2.39. The van der Waals surface area contributed by atoms with Crippen LogP contribution in [0, 0.1) is 5.39 Å². The smallest absolute Gasteiger partial charge is 0.395 e. The normalized spacial score (nSPS) is 8.31. The van der Waals surface area contributed by atoms with Gasteiger partial charge in [-0.05, 0) is 6.07 Å². The molecule has 0 N–H and O–H groups in total. The van der Waals surface area contributed by atoms with Crippen molar-refractivity contribution in [1.29, 1.82) is 5.39 Å². The molecular weight excluding hydrogens is 188 g/mol. The summed E-state index contributed by atoms with van der Waals surface area (Å²) in [5.74, 6) is -0.0107. The minimum Gasteiger partial charge on any atom is -1.00 e. The molecule has 1 rings (SSSR count). The first-order valence-electron chi connectivity index (χ1n) is 3.77. The van der Waals surface area contributed by atoms with Crippen molar-refractivity contribution in [3.63, 3.8) is 0 Å². The first kappa shape index (κ1) is 11.6. The SMILES string of the molecule is CCC(=O)c1ccccc1[N+]#N.[Cl-]. The van der Waals surface area contributed by atoms with Gasteiger partial charge in [-0.25, -0.2) is 0 Å². The Bertz CT molecular complexity index is 344. The largest absolute Gasteiger partial charge is 1.00 e. The average Bonchev–Trinajstić information content (AvgIpc) is 2.16. The molecule has 0 spiro atoms. The maximum absolute atomic E-state index is 11.2. The highest BCUT2D eigenvalue weighted by Crippen LogP contribution is 2.19. The summed E-state index contributed by atoms with van der Waals surface area (Å²) >= 11 is 0. The van der Waals surface area contributed by atoms with Crippen LogP contribution in [0.4, 0.5) is 5.69 Å². The van der Waals surface area contributed by atoms with Crippen LogP contribution in [0.15, 0.2) is 24.3 Å². The Labute approximate surface area is 82.8 Å². The van der Waals surface area contributed by atoms with E-state index in [2.05, 4.69) is 4.98 Å². The summed E-state index contributed by atoms with van der Waals surface area (Å²) in [7, 11) is 0. The van der Waals surface area contributed by atoms with Crippen LogP contribution in [0.25, 0.3) is 4.98 Å². The third-order valence-corrected chi connectivity index (χ3v) is 1.63. The Morgan fingerprint density at radius 2 is 2.08 bits per heavy atom. The summed E-state index contributed by atoms with van der Waals surface area (Å²) in [5.41, 5.74) is 0.812. The Morgan fingerprint density at radius 1 is 1.46 bits per heavy atom. The molecule has 0 amide bonds. The summed E-state index contributed by atoms with van der Waals surface area (Å²) in [6.07, 6.45) is 0.423. The zero-order valence-electron chi connectivity index (χ0n) is 7.20. The van der Waals surface area contributed by atoms with Gasteiger partial charge in [0, 0.05) is 12.5 Å². The molecule has 0 aliphatic rings. The molecule has 68 valence electrons. The lowest BCUT2D eigenvalue weighted by molar-refractivity contribution is -0.0000106. The molecule has 3 nitrogen and oxygen atoms in total. The highest BCUT2D eigenvalue weighted by atomic mass is 35.5. The minimum absolute atomic E-state index is 0. The molecule has 0 unspecified atom stereocenters. The number of halogens is 1. The lowest BCUT2D eigenvalue weighted by Crippen LogP contribution is -3.00. The van der Waals surface area contributed by atoms with E-state index in [1.54, 1.807) is 31.2 Å². The monoisotopic (exact) mass is 196 g/mol. The molecule has 4 heteroatoms. The number of diazo groups is 1. The number of hydrogen-bond donors (Lipinski definition) is 0. The number of ketones is 1. The molecule has 0 fully saturated rings. The van der Waals surface area contributed by atoms with E-state index in [9.17, 15) is 4.79 Å². The molecule has 0 saturated heterocycles. The molecule has 1 aromatic carbocycles. The van der Waals surface area contributed by atoms with Gasteiger partial charge < -0.3 is 12.4 Å². The Kier molecular flexibility index (Phi) is 4.71. The van der Waals surface area contributed by atoms with Crippen LogP contribution in [0.2, 0.25) is 0 Å². The molecule has 1 aromatic rings. The summed E-state index contributed by atoms with van der Waals surface area (Å²) < 4.78 is 0. The van der Waals surface area contributed by atoms with E-state index in [0.717, 1.165) is 0 Å². The van der Waals surface area contributed by atoms with E-state index in [4.69, 9.17) is 5.39 Å². The molecule has 0 aliphatic carbocycles. The van der Waals surface area contributed by atoms with E-state index in [-0.39, 0.29) is 18.2 Å². The van der Waals surface area contributed by atoms with Gasteiger partial charge in [0.2, 0.25) is 5.39 Å². The van der Waals surface area contributed by atoms with Crippen molar-refractivity contribution in [3.8, 4) is 0 Å². The van der Waals surface area contributed by atoms with Gasteiger partial charge in [0.1, 0.15) is 5.56 Å². The molecule has 0 bridgehead atoms. The first-order valence-corrected chi connectivity index (χ1v) is 3.77. The lowest BCUT2D eigenvalue weighted by atomic mass is 10.1. The number of carbonyl (C=O) groups excluding carboxylic acids is 1. The van der Waals surface area contributed by atoms with Gasteiger partial charge in [0.15, 0.2) is 10.8 Å². The number of carbonyl (C=O) groups is 1. The van der Waals surface area contributed by atoms with E-state index in [0.29, 0.717) is 17.7 Å². The fourth-order valence-electron chi connectivity index (χ4n) is 0.987. The number of rotatable bonds is 2. The van der Waals surface area contributed by atoms with E-state index >= 15 is 0 Å². The molecule has 0 aromatic heterocycles. The predicted octanol–water partition coefficient (Wildman–Crippen LogP) is -0.232. The van der Waals surface area contributed by atoms with Crippen molar-refractivity contribution in [1.82, 2.24) is 0 Å². The highest BCUT2D eigenvalue weighted by molar-refractivity contribution is 6.01. The summed E-state index contributed by atoms with van der Waals surface area (Å²) in [6.45, 7) is 1.77. The number of nitrogens with zero attached hydrogens (tertiary/aromatic N) is 2. The van der Waals surface area contributed by atoms with Gasteiger partial charge in [0.05, 0.1) is 0 Å². The summed E-state index contributed by atoms with van der Waals surface area (Å²) in [5, 5.41) is 8.54. The van der Waals surface area contributed by atoms with Crippen LogP contribution >= 0.6 is 0 Å². The van der Waals surface area contributed by atoms with Crippen LogP contribution in [0.5, 0.6) is 0 Å². The zero-order valence-corrected chi connectivity index (χ0v) is 7.95. The standard InChI is InChI=1S/C9H9N2O.ClH/c1-2-9(12)7-5-3-4-6-8(7)11-10;/h3-6H,2H2,1H3;1H/q+1;/p-1. The molecule has 0 radical (unpaired) electrons.